The topological polar surface area (TPSA) is 139 Å². The van der Waals surface area contributed by atoms with Crippen molar-refractivity contribution < 1.29 is 31.9 Å². The molecule has 2 aliphatic rings. The molecule has 192 valence electrons. The molecule has 0 bridgehead atoms. The quantitative estimate of drug-likeness (QED) is 0.330. The van der Waals surface area contributed by atoms with Gasteiger partial charge in [-0.15, -0.1) is 5.10 Å². The number of aliphatic imine (C=N–C) groups is 1. The Balaban J connectivity index is 1.58. The fourth-order valence-corrected chi connectivity index (χ4v) is 6.17. The van der Waals surface area contributed by atoms with E-state index in [1.165, 1.54) is 43.5 Å². The number of halogens is 1. The van der Waals surface area contributed by atoms with Crippen LogP contribution in [0.15, 0.2) is 58.1 Å². The van der Waals surface area contributed by atoms with Gasteiger partial charge in [0.2, 0.25) is 19.4 Å². The number of esters is 1. The van der Waals surface area contributed by atoms with Crippen molar-refractivity contribution in [3.8, 4) is 11.5 Å². The number of ether oxygens (including phenoxy) is 2. The highest BCUT2D eigenvalue weighted by atomic mass is 32.3. The second kappa shape index (κ2) is 10.3. The van der Waals surface area contributed by atoms with Crippen molar-refractivity contribution in [3.63, 3.8) is 0 Å². The van der Waals surface area contributed by atoms with Gasteiger partial charge in [-0.1, -0.05) is 19.9 Å². The summed E-state index contributed by atoms with van der Waals surface area (Å²) in [5.74, 6) is -2.26. The Labute approximate surface area is 216 Å². The molecule has 0 unspecified atom stereocenters. The van der Waals surface area contributed by atoms with E-state index >= 15 is 0 Å². The lowest BCUT2D eigenvalue weighted by Crippen LogP contribution is -2.35. The van der Waals surface area contributed by atoms with Gasteiger partial charge in [0.15, 0.2) is 17.3 Å². The second-order valence-corrected chi connectivity index (χ2v) is 11.5. The number of thioether (sulfide) groups is 1. The Morgan fingerprint density at radius 3 is 2.54 bits per heavy atom. The van der Waals surface area contributed by atoms with Crippen LogP contribution >= 0.6 is 11.8 Å². The molecular weight excluding hydrogens is 523 g/mol. The molecule has 0 spiro atoms. The van der Waals surface area contributed by atoms with E-state index in [1.54, 1.807) is 13.8 Å². The normalized spacial score (nSPS) is 16.6. The van der Waals surface area contributed by atoms with Gasteiger partial charge in [0, 0.05) is 0 Å². The number of carbonyl (C=O) groups excluding carboxylic acids is 2. The van der Waals surface area contributed by atoms with Gasteiger partial charge in [-0.05, 0) is 65.7 Å². The van der Waals surface area contributed by atoms with Gasteiger partial charge in [0.25, 0.3) is 5.91 Å². The summed E-state index contributed by atoms with van der Waals surface area (Å²) in [7, 11) is -2.33. The summed E-state index contributed by atoms with van der Waals surface area (Å²) >= 11 is 0.732. The molecule has 0 saturated heterocycles. The highest BCUT2D eigenvalue weighted by molar-refractivity contribution is 8.42. The van der Waals surface area contributed by atoms with Crippen molar-refractivity contribution in [2.24, 2.45) is 16.0 Å². The zero-order valence-electron chi connectivity index (χ0n) is 19.9. The van der Waals surface area contributed by atoms with Crippen LogP contribution in [-0.2, 0) is 14.6 Å². The van der Waals surface area contributed by atoms with Crippen LogP contribution < -0.4 is 9.47 Å². The van der Waals surface area contributed by atoms with Gasteiger partial charge >= 0.3 is 5.97 Å². The lowest BCUT2D eigenvalue weighted by atomic mass is 10.1. The number of sulfone groups is 1. The molecule has 2 aliphatic heterocycles. The molecule has 0 atom stereocenters. The lowest BCUT2D eigenvalue weighted by molar-refractivity contribution is -0.114. The monoisotopic (exact) mass is 544 g/mol. The lowest BCUT2D eigenvalue weighted by Gasteiger charge is -2.20. The van der Waals surface area contributed by atoms with E-state index in [0.29, 0.717) is 5.56 Å². The molecule has 0 saturated carbocycles. The third-order valence-electron chi connectivity index (χ3n) is 5.04. The van der Waals surface area contributed by atoms with Crippen molar-refractivity contribution in [1.82, 2.24) is 5.01 Å². The summed E-state index contributed by atoms with van der Waals surface area (Å²) in [4.78, 5) is 29.0. The van der Waals surface area contributed by atoms with E-state index in [1.807, 2.05) is 0 Å². The first kappa shape index (κ1) is 26.2. The van der Waals surface area contributed by atoms with Crippen molar-refractivity contribution >= 4 is 54.9 Å². The van der Waals surface area contributed by atoms with E-state index < -0.39 is 27.5 Å². The average molecular weight is 545 g/mol. The number of hydrogen-bond acceptors (Lipinski definition) is 9. The SMILES string of the molecule is COc1cc(/C=C2/C(=N)N3N=C(S(=O)(=O)CC(C)C)SC3=NC2=O)ccc1OC(=O)c1ccc(F)cc1. The summed E-state index contributed by atoms with van der Waals surface area (Å²) in [6, 6.07) is 9.31. The predicted octanol–water partition coefficient (Wildman–Crippen LogP) is 3.70. The summed E-state index contributed by atoms with van der Waals surface area (Å²) in [6.45, 7) is 3.52. The van der Waals surface area contributed by atoms with Crippen LogP contribution in [0.1, 0.15) is 29.8 Å². The number of amides is 1. The number of amidine groups is 2. The van der Waals surface area contributed by atoms with Crippen LogP contribution in [0.25, 0.3) is 6.08 Å². The van der Waals surface area contributed by atoms with E-state index in [0.717, 1.165) is 28.9 Å². The Bertz CT molecular complexity index is 1500. The number of rotatable bonds is 6. The van der Waals surface area contributed by atoms with Gasteiger partial charge in [-0.3, -0.25) is 10.2 Å². The summed E-state index contributed by atoms with van der Waals surface area (Å²) in [6.07, 6.45) is 1.37. The van der Waals surface area contributed by atoms with E-state index in [4.69, 9.17) is 14.9 Å². The molecule has 0 radical (unpaired) electrons. The Kier molecular flexibility index (Phi) is 7.28. The molecule has 0 fully saturated rings. The first-order valence-electron chi connectivity index (χ1n) is 10.9. The number of nitrogens with zero attached hydrogens (tertiary/aromatic N) is 3. The molecule has 0 aliphatic carbocycles. The Morgan fingerprint density at radius 1 is 1.19 bits per heavy atom. The molecule has 2 aromatic carbocycles. The molecule has 2 heterocycles. The number of hydrogen-bond donors (Lipinski definition) is 1. The van der Waals surface area contributed by atoms with Gasteiger partial charge in [-0.2, -0.15) is 10.0 Å². The maximum Gasteiger partial charge on any atom is 0.343 e. The largest absolute Gasteiger partial charge is 0.493 e. The maximum atomic E-state index is 13.1. The smallest absolute Gasteiger partial charge is 0.343 e. The minimum atomic E-state index is -3.69. The van der Waals surface area contributed by atoms with Crippen LogP contribution in [0.4, 0.5) is 4.39 Å². The number of fused-ring (bicyclic) bond motifs is 1. The van der Waals surface area contributed by atoms with Crippen molar-refractivity contribution in [2.45, 2.75) is 13.8 Å². The first-order chi connectivity index (χ1) is 17.5. The van der Waals surface area contributed by atoms with Gasteiger partial charge in [0.1, 0.15) is 5.82 Å². The highest BCUT2D eigenvalue weighted by Crippen LogP contribution is 2.33. The molecular formula is C24H21FN4O6S2. The summed E-state index contributed by atoms with van der Waals surface area (Å²) < 4.78 is 48.7. The molecule has 2 aromatic rings. The Hall–Kier alpha value is -3.84. The molecule has 37 heavy (non-hydrogen) atoms. The number of hydrazone groups is 1. The van der Waals surface area contributed by atoms with Crippen molar-refractivity contribution in [3.05, 3.63) is 65.0 Å². The van der Waals surface area contributed by atoms with Crippen molar-refractivity contribution in [2.75, 3.05) is 12.9 Å². The number of benzene rings is 2. The number of methoxy groups -OCH3 is 1. The van der Waals surface area contributed by atoms with Crippen LogP contribution in [0, 0.1) is 17.1 Å². The molecule has 0 aromatic heterocycles. The summed E-state index contributed by atoms with van der Waals surface area (Å²) in [5.41, 5.74) is 0.450. The maximum absolute atomic E-state index is 13.1. The molecule has 10 nitrogen and oxygen atoms in total. The van der Waals surface area contributed by atoms with Gasteiger partial charge < -0.3 is 9.47 Å². The Morgan fingerprint density at radius 2 is 1.89 bits per heavy atom. The fourth-order valence-electron chi connectivity index (χ4n) is 3.38. The molecule has 1 N–H and O–H groups in total. The standard InChI is InChI=1S/C24H21FN4O6S2/c1-13(2)12-37(32,33)24-28-29-20(26)17(21(30)27-23(29)36-24)10-14-4-9-18(19(11-14)34-3)35-22(31)15-5-7-16(25)8-6-15/h4-11,13,26H,12H2,1-3H3/b17-10-,26-20?. The third-order valence-corrected chi connectivity index (χ3v) is 8.47. The average Bonchev–Trinajstić information content (AvgIpc) is 3.27. The first-order valence-corrected chi connectivity index (χ1v) is 13.3. The van der Waals surface area contributed by atoms with E-state index in [-0.39, 0.29) is 49.7 Å². The molecule has 4 rings (SSSR count). The molecule has 13 heteroatoms. The zero-order valence-corrected chi connectivity index (χ0v) is 21.5. The van der Waals surface area contributed by atoms with Crippen LogP contribution in [-0.4, -0.2) is 53.5 Å². The fraction of sp³-hybridized carbons (Fsp3) is 0.208. The predicted molar refractivity (Wildman–Crippen MR) is 138 cm³/mol. The zero-order chi connectivity index (χ0) is 26.9. The molecule has 1 amide bonds. The van der Waals surface area contributed by atoms with Gasteiger partial charge in [-0.25, -0.2) is 17.6 Å². The van der Waals surface area contributed by atoms with E-state index in [9.17, 15) is 22.4 Å². The van der Waals surface area contributed by atoms with Crippen molar-refractivity contribution in [1.29, 1.82) is 5.41 Å². The number of carbonyl (C=O) groups is 2. The van der Waals surface area contributed by atoms with Crippen LogP contribution in [0.5, 0.6) is 11.5 Å². The van der Waals surface area contributed by atoms with Crippen LogP contribution in [0.3, 0.4) is 0 Å². The van der Waals surface area contributed by atoms with Crippen LogP contribution in [0.2, 0.25) is 0 Å². The second-order valence-electron chi connectivity index (χ2n) is 8.37. The van der Waals surface area contributed by atoms with Gasteiger partial charge in [0.05, 0.1) is 24.0 Å². The number of nitrogens with one attached hydrogen (secondary N) is 1. The minimum absolute atomic E-state index is 0.00452. The minimum Gasteiger partial charge on any atom is -0.493 e. The summed E-state index contributed by atoms with van der Waals surface area (Å²) in [5, 5.41) is 13.5. The highest BCUT2D eigenvalue weighted by Gasteiger charge is 2.39. The van der Waals surface area contributed by atoms with E-state index in [2.05, 4.69) is 10.1 Å². The third kappa shape index (κ3) is 5.62.